The van der Waals surface area contributed by atoms with Gasteiger partial charge in [0.15, 0.2) is 0 Å². The highest BCUT2D eigenvalue weighted by Gasteiger charge is 2.10. The van der Waals surface area contributed by atoms with Gasteiger partial charge >= 0.3 is 11.7 Å². The van der Waals surface area contributed by atoms with Crippen molar-refractivity contribution in [1.29, 1.82) is 0 Å². The van der Waals surface area contributed by atoms with Crippen molar-refractivity contribution < 1.29 is 19.1 Å². The highest BCUT2D eigenvalue weighted by atomic mass is 16.8. The van der Waals surface area contributed by atoms with Gasteiger partial charge in [0.05, 0.1) is 13.7 Å². The zero-order valence-corrected chi connectivity index (χ0v) is 9.22. The molecule has 0 aliphatic rings. The van der Waals surface area contributed by atoms with Crippen LogP contribution in [-0.2, 0) is 4.74 Å². The van der Waals surface area contributed by atoms with Crippen LogP contribution in [-0.4, -0.2) is 29.8 Å². The van der Waals surface area contributed by atoms with Gasteiger partial charge in [-0.25, -0.2) is 4.79 Å². The summed E-state index contributed by atoms with van der Waals surface area (Å²) in [6, 6.07) is 1.24. The number of rotatable bonds is 3. The second-order valence-electron chi connectivity index (χ2n) is 2.82. The minimum atomic E-state index is -0.997. The molecule has 0 aliphatic heterocycles. The Kier molecular flexibility index (Phi) is 3.87. The fraction of sp³-hybridized carbons (Fsp3) is 0.444. The first-order valence-electron chi connectivity index (χ1n) is 4.58. The molecule has 0 aliphatic carbocycles. The van der Waals surface area contributed by atoms with Crippen molar-refractivity contribution in [3.05, 3.63) is 22.0 Å². The van der Waals surface area contributed by atoms with E-state index in [9.17, 15) is 9.59 Å². The third-order valence-electron chi connectivity index (χ3n) is 1.66. The van der Waals surface area contributed by atoms with Crippen molar-refractivity contribution in [1.82, 2.24) is 9.94 Å². The maximum absolute atomic E-state index is 11.4. The van der Waals surface area contributed by atoms with Crippen LogP contribution in [0.3, 0.4) is 0 Å². The zero-order chi connectivity index (χ0) is 12.1. The lowest BCUT2D eigenvalue weighted by Crippen LogP contribution is -2.33. The molecule has 7 heteroatoms. The molecule has 1 heterocycles. The normalized spacial score (nSPS) is 9.69. The molecule has 7 nitrogen and oxygen atoms in total. The minimum absolute atomic E-state index is 0.149. The van der Waals surface area contributed by atoms with Crippen LogP contribution in [0.15, 0.2) is 10.9 Å². The van der Waals surface area contributed by atoms with Crippen LogP contribution in [0.1, 0.15) is 12.5 Å². The van der Waals surface area contributed by atoms with E-state index in [1.807, 2.05) is 0 Å². The average molecular weight is 228 g/mol. The number of carbonyl (C=O) groups excluding carboxylic acids is 1. The Morgan fingerprint density at radius 2 is 2.25 bits per heavy atom. The quantitative estimate of drug-likeness (QED) is 0.685. The summed E-state index contributed by atoms with van der Waals surface area (Å²) in [5.74, 6) is 0.198. The lowest BCUT2D eigenvalue weighted by Gasteiger charge is -2.07. The summed E-state index contributed by atoms with van der Waals surface area (Å²) in [4.78, 5) is 27.4. The van der Waals surface area contributed by atoms with Crippen LogP contribution in [0.5, 0.6) is 5.88 Å². The molecule has 0 saturated carbocycles. The fourth-order valence-electron chi connectivity index (χ4n) is 0.995. The Morgan fingerprint density at radius 3 is 2.81 bits per heavy atom. The summed E-state index contributed by atoms with van der Waals surface area (Å²) >= 11 is 0. The fourth-order valence-corrected chi connectivity index (χ4v) is 0.995. The van der Waals surface area contributed by atoms with Crippen molar-refractivity contribution in [2.24, 2.45) is 0 Å². The maximum Gasteiger partial charge on any atom is 0.535 e. The van der Waals surface area contributed by atoms with Crippen molar-refractivity contribution >= 4 is 6.16 Å². The van der Waals surface area contributed by atoms with Gasteiger partial charge in [-0.2, -0.15) is 0 Å². The number of methoxy groups -OCH3 is 1. The second kappa shape index (κ2) is 5.15. The monoisotopic (exact) mass is 228 g/mol. The highest BCUT2D eigenvalue weighted by Crippen LogP contribution is 2.08. The predicted molar refractivity (Wildman–Crippen MR) is 53.4 cm³/mol. The van der Waals surface area contributed by atoms with Gasteiger partial charge in [0.2, 0.25) is 5.88 Å². The van der Waals surface area contributed by atoms with Gasteiger partial charge in [-0.05, 0) is 18.7 Å². The van der Waals surface area contributed by atoms with Gasteiger partial charge in [-0.3, -0.25) is 9.63 Å². The molecule has 0 fully saturated rings. The molecular weight excluding hydrogens is 216 g/mol. The third kappa shape index (κ3) is 2.72. The van der Waals surface area contributed by atoms with E-state index in [1.165, 1.54) is 13.2 Å². The van der Waals surface area contributed by atoms with Gasteiger partial charge in [-0.15, -0.1) is 0 Å². The molecule has 0 saturated heterocycles. The Hall–Kier alpha value is -2.05. The molecule has 16 heavy (non-hydrogen) atoms. The lowest BCUT2D eigenvalue weighted by atomic mass is 10.3. The molecule has 0 aromatic carbocycles. The van der Waals surface area contributed by atoms with Gasteiger partial charge < -0.3 is 9.47 Å². The molecule has 0 atom stereocenters. The number of hydrogen-bond donors (Lipinski definition) is 0. The lowest BCUT2D eigenvalue weighted by molar-refractivity contribution is 0.0341. The third-order valence-corrected chi connectivity index (χ3v) is 1.66. The van der Waals surface area contributed by atoms with E-state index in [2.05, 4.69) is 14.7 Å². The standard InChI is InChI=1S/C9H12N2O5/c1-4-15-9(13)16-11-7(12)5-6(2)8(10-11)14-3/h5H,4H2,1-3H3. The smallest absolute Gasteiger partial charge is 0.480 e. The van der Waals surface area contributed by atoms with Crippen molar-refractivity contribution in [3.63, 3.8) is 0 Å². The largest absolute Gasteiger partial charge is 0.535 e. The number of carbonyl (C=O) groups is 1. The van der Waals surface area contributed by atoms with Gasteiger partial charge in [-0.1, -0.05) is 5.10 Å². The summed E-state index contributed by atoms with van der Waals surface area (Å²) in [5.41, 5.74) is -0.0254. The summed E-state index contributed by atoms with van der Waals surface area (Å²) in [6.07, 6.45) is -0.997. The maximum atomic E-state index is 11.4. The molecule has 0 radical (unpaired) electrons. The first-order valence-corrected chi connectivity index (χ1v) is 4.58. The van der Waals surface area contributed by atoms with Crippen molar-refractivity contribution in [2.75, 3.05) is 13.7 Å². The molecule has 0 amide bonds. The van der Waals surface area contributed by atoms with E-state index >= 15 is 0 Å². The molecule has 0 N–H and O–H groups in total. The summed E-state index contributed by atoms with van der Waals surface area (Å²) < 4.78 is 9.38. The first kappa shape index (κ1) is 12.0. The number of hydrogen-bond acceptors (Lipinski definition) is 6. The van der Waals surface area contributed by atoms with E-state index in [0.717, 1.165) is 0 Å². The van der Waals surface area contributed by atoms with Crippen LogP contribution >= 0.6 is 0 Å². The molecule has 0 spiro atoms. The molecule has 1 aromatic heterocycles. The SMILES string of the molecule is CCOC(=O)On1nc(OC)c(C)cc1=O. The van der Waals surface area contributed by atoms with Crippen LogP contribution in [0.2, 0.25) is 0 Å². The highest BCUT2D eigenvalue weighted by molar-refractivity contribution is 5.59. The van der Waals surface area contributed by atoms with Gasteiger partial charge in [0.25, 0.3) is 0 Å². The number of aryl methyl sites for hydroxylation is 1. The van der Waals surface area contributed by atoms with Crippen LogP contribution in [0.4, 0.5) is 4.79 Å². The van der Waals surface area contributed by atoms with Crippen LogP contribution < -0.4 is 15.1 Å². The topological polar surface area (TPSA) is 79.7 Å². The Labute approximate surface area is 91.5 Å². The Balaban J connectivity index is 2.96. The molecule has 1 aromatic rings. The Bertz CT molecular complexity index is 440. The van der Waals surface area contributed by atoms with Gasteiger partial charge in [0.1, 0.15) is 0 Å². The second-order valence-corrected chi connectivity index (χ2v) is 2.82. The van der Waals surface area contributed by atoms with E-state index in [0.29, 0.717) is 10.4 Å². The molecule has 0 bridgehead atoms. The van der Waals surface area contributed by atoms with E-state index in [1.54, 1.807) is 13.8 Å². The number of ether oxygens (including phenoxy) is 2. The molecule has 88 valence electrons. The van der Waals surface area contributed by atoms with Gasteiger partial charge in [0, 0.05) is 11.6 Å². The van der Waals surface area contributed by atoms with Crippen molar-refractivity contribution in [2.45, 2.75) is 13.8 Å². The Morgan fingerprint density at radius 1 is 1.56 bits per heavy atom. The summed E-state index contributed by atoms with van der Waals surface area (Å²) in [6.45, 7) is 3.42. The zero-order valence-electron chi connectivity index (χ0n) is 9.22. The summed E-state index contributed by atoms with van der Waals surface area (Å²) in [7, 11) is 1.40. The van der Waals surface area contributed by atoms with E-state index < -0.39 is 11.7 Å². The molecular formula is C9H12N2O5. The minimum Gasteiger partial charge on any atom is -0.480 e. The van der Waals surface area contributed by atoms with Crippen LogP contribution in [0.25, 0.3) is 0 Å². The first-order chi connectivity index (χ1) is 7.58. The predicted octanol–water partition coefficient (Wildman–Crippen LogP) is 0.145. The van der Waals surface area contributed by atoms with E-state index in [4.69, 9.17) is 4.74 Å². The molecule has 1 rings (SSSR count). The number of nitrogens with zero attached hydrogens (tertiary/aromatic N) is 2. The van der Waals surface area contributed by atoms with Crippen molar-refractivity contribution in [3.8, 4) is 5.88 Å². The number of aromatic nitrogens is 2. The molecule has 0 unspecified atom stereocenters. The van der Waals surface area contributed by atoms with Crippen LogP contribution in [0, 0.1) is 6.92 Å². The summed E-state index contributed by atoms with van der Waals surface area (Å²) in [5, 5.41) is 3.67. The average Bonchev–Trinajstić information content (AvgIpc) is 2.22. The van der Waals surface area contributed by atoms with E-state index in [-0.39, 0.29) is 12.5 Å².